The lowest BCUT2D eigenvalue weighted by Crippen LogP contribution is -2.36. The predicted octanol–water partition coefficient (Wildman–Crippen LogP) is 4.43. The normalized spacial score (nSPS) is 16.7. The summed E-state index contributed by atoms with van der Waals surface area (Å²) in [7, 11) is 0. The van der Waals surface area contributed by atoms with Crippen molar-refractivity contribution >= 4 is 16.8 Å². The van der Waals surface area contributed by atoms with Crippen molar-refractivity contribution in [3.05, 3.63) is 94.5 Å². The number of ether oxygens (including phenoxy) is 2. The van der Waals surface area contributed by atoms with Crippen LogP contribution < -0.4 is 19.9 Å². The fourth-order valence-corrected chi connectivity index (χ4v) is 6.45. The number of morpholine rings is 1. The van der Waals surface area contributed by atoms with Crippen LogP contribution in [-0.4, -0.2) is 36.3 Å². The van der Waals surface area contributed by atoms with E-state index >= 15 is 0 Å². The molecule has 2 aliphatic rings. The van der Waals surface area contributed by atoms with Crippen LogP contribution in [0.15, 0.2) is 87.5 Å². The van der Waals surface area contributed by atoms with Crippen LogP contribution in [0.25, 0.3) is 11.3 Å². The van der Waals surface area contributed by atoms with Crippen molar-refractivity contribution in [2.75, 3.05) is 31.2 Å². The number of fused-ring (bicyclic) bond motifs is 2. The average molecular weight is 500 g/mol. The topological polar surface area (TPSA) is 79.5 Å². The molecule has 6 rings (SSSR count). The van der Waals surface area contributed by atoms with Crippen molar-refractivity contribution < 1.29 is 9.47 Å². The van der Waals surface area contributed by atoms with Crippen LogP contribution in [0.2, 0.25) is 0 Å². The van der Waals surface area contributed by atoms with E-state index in [1.165, 1.54) is 0 Å². The Morgan fingerprint density at radius 1 is 1.03 bits per heavy atom. The maximum atomic E-state index is 12.7. The molecular formula is C28H27N4O3S+. The first-order valence-corrected chi connectivity index (χ1v) is 13.2. The van der Waals surface area contributed by atoms with Gasteiger partial charge in [0.2, 0.25) is 15.4 Å². The Kier molecular flexibility index (Phi) is 6.23. The van der Waals surface area contributed by atoms with E-state index < -0.39 is 11.1 Å². The molecule has 1 unspecified atom stereocenters. The Hall–Kier alpha value is -3.59. The number of hydrogen-bond acceptors (Lipinski definition) is 6. The number of pyridine rings is 2. The second-order valence-electron chi connectivity index (χ2n) is 8.83. The third-order valence-corrected chi connectivity index (χ3v) is 8.34. The molecule has 2 aromatic heterocycles. The number of hydrogen-bond donors (Lipinski definition) is 2. The van der Waals surface area contributed by atoms with Gasteiger partial charge in [-0.15, -0.1) is 4.72 Å². The molecule has 36 heavy (non-hydrogen) atoms. The first-order chi connectivity index (χ1) is 17.7. The van der Waals surface area contributed by atoms with E-state index in [1.807, 2.05) is 55.6 Å². The summed E-state index contributed by atoms with van der Waals surface area (Å²) in [6.45, 7) is 5.52. The molecule has 182 valence electrons. The standard InChI is InChI=1S/C28H26N4O3S/c1-19-9-10-20(17-29-19)18-30-36-25-7-3-2-6-24(25)35-28-22(5-4-8-26(28)36)23-15-21(16-27(33)31-23)32-11-13-34-14-12-32/h2-10,15-17,30H,11-14,18H2,1H3/p+1. The number of nitrogens with one attached hydrogen (secondary N) is 2. The van der Waals surface area contributed by atoms with Gasteiger partial charge in [-0.1, -0.05) is 24.3 Å². The Morgan fingerprint density at radius 2 is 1.86 bits per heavy atom. The second kappa shape index (κ2) is 9.81. The molecule has 4 heterocycles. The molecule has 0 radical (unpaired) electrons. The van der Waals surface area contributed by atoms with Gasteiger partial charge < -0.3 is 19.4 Å². The molecule has 2 aromatic carbocycles. The average Bonchev–Trinajstić information content (AvgIpc) is 2.92. The van der Waals surface area contributed by atoms with Gasteiger partial charge in [0.05, 0.1) is 25.5 Å². The summed E-state index contributed by atoms with van der Waals surface area (Å²) >= 11 is -0.421. The fourth-order valence-electron chi connectivity index (χ4n) is 4.52. The minimum atomic E-state index is -0.421. The molecule has 0 spiro atoms. The molecule has 1 saturated heterocycles. The Morgan fingerprint density at radius 3 is 2.69 bits per heavy atom. The second-order valence-corrected chi connectivity index (χ2v) is 10.6. The van der Waals surface area contributed by atoms with E-state index in [9.17, 15) is 4.79 Å². The molecule has 0 saturated carbocycles. The SMILES string of the molecule is Cc1ccc(CN[S+]2c3ccccc3Oc3c(-c4cc(N5CCOCC5)cc(=O)[nH]4)cccc32)cn1. The number of benzene rings is 2. The van der Waals surface area contributed by atoms with Gasteiger partial charge in [-0.05, 0) is 48.9 Å². The van der Waals surface area contributed by atoms with Crippen molar-refractivity contribution in [2.45, 2.75) is 23.3 Å². The number of anilines is 1. The monoisotopic (exact) mass is 499 g/mol. The van der Waals surface area contributed by atoms with Gasteiger partial charge in [0.15, 0.2) is 22.6 Å². The predicted molar refractivity (Wildman–Crippen MR) is 142 cm³/mol. The van der Waals surface area contributed by atoms with Crippen molar-refractivity contribution in [1.29, 1.82) is 0 Å². The number of para-hydroxylation sites is 2. The van der Waals surface area contributed by atoms with Crippen LogP contribution in [-0.2, 0) is 22.4 Å². The number of rotatable bonds is 5. The molecule has 0 bridgehead atoms. The highest BCUT2D eigenvalue weighted by Crippen LogP contribution is 2.47. The van der Waals surface area contributed by atoms with Crippen molar-refractivity contribution in [1.82, 2.24) is 14.7 Å². The van der Waals surface area contributed by atoms with E-state index in [2.05, 4.69) is 37.8 Å². The van der Waals surface area contributed by atoms with Crippen LogP contribution in [0.5, 0.6) is 11.5 Å². The van der Waals surface area contributed by atoms with Crippen LogP contribution in [0, 0.1) is 6.92 Å². The molecule has 2 N–H and O–H groups in total. The lowest BCUT2D eigenvalue weighted by molar-refractivity contribution is 0.122. The van der Waals surface area contributed by atoms with Crippen molar-refractivity contribution in [3.63, 3.8) is 0 Å². The zero-order chi connectivity index (χ0) is 24.5. The summed E-state index contributed by atoms with van der Waals surface area (Å²) in [6.07, 6.45) is 1.91. The van der Waals surface area contributed by atoms with Gasteiger partial charge in [0.1, 0.15) is 0 Å². The zero-order valence-corrected chi connectivity index (χ0v) is 20.8. The lowest BCUT2D eigenvalue weighted by atomic mass is 10.1. The van der Waals surface area contributed by atoms with Gasteiger partial charge in [0, 0.05) is 42.3 Å². The molecular weight excluding hydrogens is 472 g/mol. The smallest absolute Gasteiger partial charge is 0.250 e. The molecule has 0 aliphatic carbocycles. The Balaban J connectivity index is 1.40. The minimum absolute atomic E-state index is 0.133. The maximum absolute atomic E-state index is 12.7. The highest BCUT2D eigenvalue weighted by Gasteiger charge is 2.39. The molecule has 2 aliphatic heterocycles. The molecule has 1 atom stereocenters. The third-order valence-electron chi connectivity index (χ3n) is 6.37. The summed E-state index contributed by atoms with van der Waals surface area (Å²) in [5, 5.41) is 0. The van der Waals surface area contributed by atoms with E-state index in [1.54, 1.807) is 6.07 Å². The molecule has 7 nitrogen and oxygen atoms in total. The zero-order valence-electron chi connectivity index (χ0n) is 20.0. The quantitative estimate of drug-likeness (QED) is 0.396. The van der Waals surface area contributed by atoms with E-state index in [0.29, 0.717) is 19.8 Å². The fraction of sp³-hybridized carbons (Fsp3) is 0.214. The van der Waals surface area contributed by atoms with Gasteiger partial charge in [0.25, 0.3) is 0 Å². The third kappa shape index (κ3) is 4.51. The van der Waals surface area contributed by atoms with Gasteiger partial charge in [-0.25, -0.2) is 0 Å². The number of aromatic nitrogens is 2. The van der Waals surface area contributed by atoms with Crippen LogP contribution >= 0.6 is 0 Å². The first-order valence-electron chi connectivity index (χ1n) is 12.0. The van der Waals surface area contributed by atoms with E-state index in [4.69, 9.17) is 9.47 Å². The summed E-state index contributed by atoms with van der Waals surface area (Å²) < 4.78 is 15.7. The van der Waals surface area contributed by atoms with Crippen molar-refractivity contribution in [3.8, 4) is 22.8 Å². The molecule has 4 aromatic rings. The van der Waals surface area contributed by atoms with Gasteiger partial charge in [-0.2, -0.15) is 0 Å². The Labute approximate surface area is 212 Å². The van der Waals surface area contributed by atoms with Gasteiger partial charge in [-0.3, -0.25) is 9.78 Å². The Bertz CT molecular complexity index is 1450. The van der Waals surface area contributed by atoms with E-state index in [0.717, 1.165) is 62.6 Å². The van der Waals surface area contributed by atoms with Crippen molar-refractivity contribution in [2.24, 2.45) is 0 Å². The number of aryl methyl sites for hydroxylation is 1. The van der Waals surface area contributed by atoms with Gasteiger partial charge >= 0.3 is 0 Å². The van der Waals surface area contributed by atoms with E-state index in [-0.39, 0.29) is 5.56 Å². The number of H-pyrrole nitrogens is 1. The summed E-state index contributed by atoms with van der Waals surface area (Å²) in [5.74, 6) is 1.59. The summed E-state index contributed by atoms with van der Waals surface area (Å²) in [4.78, 5) is 24.5. The summed E-state index contributed by atoms with van der Waals surface area (Å²) in [6, 6.07) is 22.1. The molecule has 8 heteroatoms. The largest absolute Gasteiger partial charge is 0.446 e. The number of aromatic amines is 1. The highest BCUT2D eigenvalue weighted by molar-refractivity contribution is 7.95. The highest BCUT2D eigenvalue weighted by atomic mass is 32.2. The van der Waals surface area contributed by atoms with Crippen LogP contribution in [0.3, 0.4) is 0 Å². The van der Waals surface area contributed by atoms with Crippen LogP contribution in [0.4, 0.5) is 5.69 Å². The minimum Gasteiger partial charge on any atom is -0.446 e. The van der Waals surface area contributed by atoms with Crippen LogP contribution in [0.1, 0.15) is 11.3 Å². The maximum Gasteiger partial charge on any atom is 0.250 e. The first kappa shape index (κ1) is 22.8. The number of nitrogens with zero attached hydrogens (tertiary/aromatic N) is 2. The summed E-state index contributed by atoms with van der Waals surface area (Å²) in [5.41, 5.74) is 4.50. The lowest BCUT2D eigenvalue weighted by Gasteiger charge is -2.29. The molecule has 1 fully saturated rings. The molecule has 0 amide bonds.